The van der Waals surface area contributed by atoms with Crippen LogP contribution in [-0.2, 0) is 4.79 Å². The van der Waals surface area contributed by atoms with E-state index < -0.39 is 11.4 Å². The van der Waals surface area contributed by atoms with Crippen molar-refractivity contribution < 1.29 is 19.8 Å². The second-order valence-electron chi connectivity index (χ2n) is 5.89. The Labute approximate surface area is 113 Å². The number of carboxylic acid groups (broad SMARTS) is 1. The van der Waals surface area contributed by atoms with Crippen LogP contribution in [-0.4, -0.2) is 64.3 Å². The molecule has 0 aromatic carbocycles. The number of carbonyl (C=O) groups is 2. The van der Waals surface area contributed by atoms with Crippen molar-refractivity contribution >= 4 is 12.0 Å². The van der Waals surface area contributed by atoms with Gasteiger partial charge in [0.25, 0.3) is 0 Å². The molecule has 0 saturated carbocycles. The van der Waals surface area contributed by atoms with Gasteiger partial charge in [0, 0.05) is 26.2 Å². The van der Waals surface area contributed by atoms with Gasteiger partial charge in [0.15, 0.2) is 0 Å². The molecule has 1 unspecified atom stereocenters. The number of likely N-dealkylation sites (tertiary alicyclic amines) is 2. The Morgan fingerprint density at radius 3 is 2.37 bits per heavy atom. The van der Waals surface area contributed by atoms with Crippen LogP contribution in [0.4, 0.5) is 4.79 Å². The predicted molar refractivity (Wildman–Crippen MR) is 68.8 cm³/mol. The van der Waals surface area contributed by atoms with Crippen LogP contribution in [0.2, 0.25) is 0 Å². The van der Waals surface area contributed by atoms with Crippen molar-refractivity contribution in [3.05, 3.63) is 0 Å². The molecular formula is C13H22N2O4. The molecule has 2 aliphatic rings. The van der Waals surface area contributed by atoms with Gasteiger partial charge < -0.3 is 20.0 Å². The highest BCUT2D eigenvalue weighted by atomic mass is 16.4. The highest BCUT2D eigenvalue weighted by Crippen LogP contribution is 2.30. The molecule has 108 valence electrons. The normalized spacial score (nSPS) is 29.4. The lowest BCUT2D eigenvalue weighted by Gasteiger charge is -2.41. The van der Waals surface area contributed by atoms with Crippen molar-refractivity contribution in [3.8, 4) is 0 Å². The summed E-state index contributed by atoms with van der Waals surface area (Å²) in [6, 6.07) is -0.0842. The molecular weight excluding hydrogens is 248 g/mol. The summed E-state index contributed by atoms with van der Waals surface area (Å²) in [6.45, 7) is 3.72. The zero-order valence-electron chi connectivity index (χ0n) is 11.3. The number of amides is 2. The summed E-state index contributed by atoms with van der Waals surface area (Å²) in [6.07, 6.45) is 2.25. The van der Waals surface area contributed by atoms with Gasteiger partial charge in [-0.25, -0.2) is 4.79 Å². The fourth-order valence-corrected chi connectivity index (χ4v) is 2.83. The first-order valence-corrected chi connectivity index (χ1v) is 6.88. The minimum atomic E-state index is -0.834. The molecule has 2 heterocycles. The summed E-state index contributed by atoms with van der Waals surface area (Å²) in [5.74, 6) is -0.834. The third-order valence-electron chi connectivity index (χ3n) is 4.22. The molecule has 2 amide bonds. The number of hydrogen-bond acceptors (Lipinski definition) is 3. The maximum absolute atomic E-state index is 12.3. The number of piperidine rings is 2. The van der Waals surface area contributed by atoms with Crippen LogP contribution >= 0.6 is 0 Å². The first-order valence-electron chi connectivity index (χ1n) is 6.88. The van der Waals surface area contributed by atoms with E-state index in [1.165, 1.54) is 0 Å². The molecule has 0 aromatic rings. The van der Waals surface area contributed by atoms with Crippen molar-refractivity contribution in [2.75, 3.05) is 26.2 Å². The van der Waals surface area contributed by atoms with E-state index in [-0.39, 0.29) is 18.7 Å². The molecule has 0 aromatic heterocycles. The van der Waals surface area contributed by atoms with Crippen LogP contribution in [0.1, 0.15) is 32.6 Å². The Hall–Kier alpha value is -1.30. The first-order chi connectivity index (χ1) is 8.92. The first kappa shape index (κ1) is 14.1. The van der Waals surface area contributed by atoms with Gasteiger partial charge in [0.2, 0.25) is 0 Å². The third kappa shape index (κ3) is 3.00. The van der Waals surface area contributed by atoms with Crippen LogP contribution in [0.5, 0.6) is 0 Å². The Morgan fingerprint density at radius 2 is 1.79 bits per heavy atom. The number of aliphatic hydroxyl groups excluding tert-OH is 1. The van der Waals surface area contributed by atoms with Gasteiger partial charge in [0.05, 0.1) is 11.5 Å². The molecule has 0 radical (unpaired) electrons. The number of carboxylic acids is 1. The molecule has 0 aliphatic carbocycles. The van der Waals surface area contributed by atoms with Gasteiger partial charge in [-0.2, -0.15) is 0 Å². The van der Waals surface area contributed by atoms with Gasteiger partial charge in [-0.15, -0.1) is 0 Å². The quantitative estimate of drug-likeness (QED) is 0.736. The smallest absolute Gasteiger partial charge is 0.320 e. The largest absolute Gasteiger partial charge is 0.481 e. The Bertz CT molecular complexity index is 366. The molecule has 1 atom stereocenters. The van der Waals surface area contributed by atoms with Crippen LogP contribution < -0.4 is 0 Å². The zero-order valence-corrected chi connectivity index (χ0v) is 11.3. The maximum Gasteiger partial charge on any atom is 0.320 e. The molecule has 6 heteroatoms. The Balaban J connectivity index is 1.97. The van der Waals surface area contributed by atoms with Gasteiger partial charge in [0.1, 0.15) is 0 Å². The number of nitrogens with zero attached hydrogens (tertiary/aromatic N) is 2. The minimum absolute atomic E-state index is 0.0842. The van der Waals surface area contributed by atoms with E-state index in [0.29, 0.717) is 38.9 Å². The average Bonchev–Trinajstić information content (AvgIpc) is 2.39. The molecule has 2 N–H and O–H groups in total. The maximum atomic E-state index is 12.3. The summed E-state index contributed by atoms with van der Waals surface area (Å²) >= 11 is 0. The van der Waals surface area contributed by atoms with Crippen molar-refractivity contribution in [2.45, 2.75) is 38.7 Å². The molecule has 19 heavy (non-hydrogen) atoms. The zero-order chi connectivity index (χ0) is 14.0. The number of urea groups is 1. The van der Waals surface area contributed by atoms with Crippen molar-refractivity contribution in [1.82, 2.24) is 9.80 Å². The van der Waals surface area contributed by atoms with Crippen LogP contribution in [0.3, 0.4) is 0 Å². The van der Waals surface area contributed by atoms with E-state index in [4.69, 9.17) is 0 Å². The number of aliphatic carboxylic acids is 1. The van der Waals surface area contributed by atoms with Gasteiger partial charge >= 0.3 is 12.0 Å². The number of rotatable bonds is 1. The summed E-state index contributed by atoms with van der Waals surface area (Å²) in [5, 5.41) is 18.7. The second kappa shape index (κ2) is 5.36. The third-order valence-corrected chi connectivity index (χ3v) is 4.22. The van der Waals surface area contributed by atoms with Crippen molar-refractivity contribution in [2.24, 2.45) is 5.41 Å². The lowest BCUT2D eigenvalue weighted by atomic mass is 9.82. The number of aliphatic hydroxyl groups is 1. The van der Waals surface area contributed by atoms with Gasteiger partial charge in [-0.05, 0) is 32.6 Å². The standard InChI is InChI=1S/C13H22N2O4/c1-13(11(17)18)5-2-6-15(9-13)12(19)14-7-3-10(16)4-8-14/h10,16H,2-9H2,1H3,(H,17,18). The number of hydrogen-bond donors (Lipinski definition) is 2. The summed E-state index contributed by atoms with van der Waals surface area (Å²) in [5.41, 5.74) is -0.830. The topological polar surface area (TPSA) is 81.1 Å². The minimum Gasteiger partial charge on any atom is -0.481 e. The monoisotopic (exact) mass is 270 g/mol. The summed E-state index contributed by atoms with van der Waals surface area (Å²) < 4.78 is 0. The lowest BCUT2D eigenvalue weighted by Crippen LogP contribution is -2.54. The Kier molecular flexibility index (Phi) is 3.99. The molecule has 2 saturated heterocycles. The van der Waals surface area contributed by atoms with E-state index in [0.717, 1.165) is 6.42 Å². The van der Waals surface area contributed by atoms with E-state index in [2.05, 4.69) is 0 Å². The highest BCUT2D eigenvalue weighted by Gasteiger charge is 2.40. The van der Waals surface area contributed by atoms with Crippen molar-refractivity contribution in [1.29, 1.82) is 0 Å². The SMILES string of the molecule is CC1(C(=O)O)CCCN(C(=O)N2CCC(O)CC2)C1. The van der Waals surface area contributed by atoms with Crippen molar-refractivity contribution in [3.63, 3.8) is 0 Å². The van der Waals surface area contributed by atoms with E-state index in [1.54, 1.807) is 16.7 Å². The predicted octanol–water partition coefficient (Wildman–Crippen LogP) is 0.750. The van der Waals surface area contributed by atoms with E-state index in [1.807, 2.05) is 0 Å². The highest BCUT2D eigenvalue weighted by molar-refractivity contribution is 5.78. The molecule has 6 nitrogen and oxygen atoms in total. The summed E-state index contributed by atoms with van der Waals surface area (Å²) in [4.78, 5) is 27.0. The fraction of sp³-hybridized carbons (Fsp3) is 0.846. The van der Waals surface area contributed by atoms with Gasteiger partial charge in [-0.1, -0.05) is 0 Å². The lowest BCUT2D eigenvalue weighted by molar-refractivity contribution is -0.150. The molecule has 2 rings (SSSR count). The molecule has 2 fully saturated rings. The molecule has 0 bridgehead atoms. The average molecular weight is 270 g/mol. The van der Waals surface area contributed by atoms with E-state index >= 15 is 0 Å². The summed E-state index contributed by atoms with van der Waals surface area (Å²) in [7, 11) is 0. The Morgan fingerprint density at radius 1 is 1.16 bits per heavy atom. The van der Waals surface area contributed by atoms with Crippen LogP contribution in [0, 0.1) is 5.41 Å². The fourth-order valence-electron chi connectivity index (χ4n) is 2.83. The number of carbonyl (C=O) groups excluding carboxylic acids is 1. The van der Waals surface area contributed by atoms with E-state index in [9.17, 15) is 19.8 Å². The van der Waals surface area contributed by atoms with Crippen LogP contribution in [0.15, 0.2) is 0 Å². The second-order valence-corrected chi connectivity index (χ2v) is 5.89. The molecule has 2 aliphatic heterocycles. The molecule has 0 spiro atoms. The van der Waals surface area contributed by atoms with Crippen LogP contribution in [0.25, 0.3) is 0 Å². The van der Waals surface area contributed by atoms with Gasteiger partial charge in [-0.3, -0.25) is 4.79 Å².